The Morgan fingerprint density at radius 2 is 2.17 bits per heavy atom. The Morgan fingerprint density at radius 3 is 2.58 bits per heavy atom. The number of rotatable bonds is 0. The Morgan fingerprint density at radius 1 is 1.50 bits per heavy atom. The second kappa shape index (κ2) is 3.11. The maximum atomic E-state index is 10.5. The van der Waals surface area contributed by atoms with Crippen LogP contribution in [0.15, 0.2) is 9.21 Å². The molecule has 0 saturated carbocycles. The van der Waals surface area contributed by atoms with Gasteiger partial charge in [-0.1, -0.05) is 5.92 Å². The Labute approximate surface area is 74.6 Å². The van der Waals surface area contributed by atoms with Crippen molar-refractivity contribution in [1.29, 1.82) is 0 Å². The van der Waals surface area contributed by atoms with Crippen LogP contribution in [0, 0.1) is 17.3 Å². The Hall–Kier alpha value is -1.08. The van der Waals surface area contributed by atoms with Gasteiger partial charge in [0.15, 0.2) is 0 Å². The number of hydrogen-bond donors (Lipinski definition) is 0. The standard InChI is InChI=1S/C8H9NO2S/c1-8(2,3)5-4-6-9-12-7(10)11-6/h1-3H3. The molecule has 1 aromatic rings. The summed E-state index contributed by atoms with van der Waals surface area (Å²) in [7, 11) is 0. The third-order valence-electron chi connectivity index (χ3n) is 0.928. The number of aromatic nitrogens is 1. The minimum Gasteiger partial charge on any atom is -0.386 e. The highest BCUT2D eigenvalue weighted by atomic mass is 32.1. The van der Waals surface area contributed by atoms with Gasteiger partial charge in [-0.15, -0.1) is 4.37 Å². The van der Waals surface area contributed by atoms with Crippen molar-refractivity contribution >= 4 is 11.5 Å². The summed E-state index contributed by atoms with van der Waals surface area (Å²) in [4.78, 5) is 10.1. The van der Waals surface area contributed by atoms with Gasteiger partial charge in [-0.2, -0.15) is 0 Å². The highest BCUT2D eigenvalue weighted by Crippen LogP contribution is 2.10. The largest absolute Gasteiger partial charge is 0.415 e. The molecule has 0 aliphatic heterocycles. The summed E-state index contributed by atoms with van der Waals surface area (Å²) in [5.74, 6) is 5.81. The second-order valence-corrected chi connectivity index (χ2v) is 4.04. The van der Waals surface area contributed by atoms with Gasteiger partial charge in [0, 0.05) is 5.41 Å². The van der Waals surface area contributed by atoms with Gasteiger partial charge >= 0.3 is 4.94 Å². The van der Waals surface area contributed by atoms with Crippen LogP contribution < -0.4 is 4.94 Å². The van der Waals surface area contributed by atoms with Crippen LogP contribution in [0.4, 0.5) is 0 Å². The second-order valence-electron chi connectivity index (χ2n) is 3.34. The lowest BCUT2D eigenvalue weighted by atomic mass is 9.98. The van der Waals surface area contributed by atoms with E-state index in [1.807, 2.05) is 20.8 Å². The summed E-state index contributed by atoms with van der Waals surface area (Å²) in [5, 5.41) is 0. The van der Waals surface area contributed by atoms with Gasteiger partial charge in [0.25, 0.3) is 5.89 Å². The average Bonchev–Trinajstić information content (AvgIpc) is 2.30. The fourth-order valence-electron chi connectivity index (χ4n) is 0.484. The first kappa shape index (κ1) is 9.01. The summed E-state index contributed by atoms with van der Waals surface area (Å²) in [6.07, 6.45) is 0. The van der Waals surface area contributed by atoms with E-state index < -0.39 is 4.94 Å². The topological polar surface area (TPSA) is 43.1 Å². The highest BCUT2D eigenvalue weighted by Gasteiger charge is 2.04. The first-order valence-electron chi connectivity index (χ1n) is 3.47. The van der Waals surface area contributed by atoms with Crippen molar-refractivity contribution < 1.29 is 4.42 Å². The molecule has 0 spiro atoms. The molecule has 0 unspecified atom stereocenters. The van der Waals surface area contributed by atoms with E-state index in [0.29, 0.717) is 0 Å². The molecule has 64 valence electrons. The molecule has 1 rings (SSSR count). The maximum absolute atomic E-state index is 10.5. The van der Waals surface area contributed by atoms with E-state index >= 15 is 0 Å². The Balaban J connectivity index is 2.87. The molecular formula is C8H9NO2S. The predicted molar refractivity (Wildman–Crippen MR) is 47.0 cm³/mol. The van der Waals surface area contributed by atoms with Gasteiger partial charge in [-0.25, -0.2) is 4.79 Å². The lowest BCUT2D eigenvalue weighted by Gasteiger charge is -2.05. The first-order valence-corrected chi connectivity index (χ1v) is 4.25. The summed E-state index contributed by atoms with van der Waals surface area (Å²) < 4.78 is 8.36. The van der Waals surface area contributed by atoms with E-state index in [4.69, 9.17) is 0 Å². The normalized spacial score (nSPS) is 10.6. The number of nitrogens with zero attached hydrogens (tertiary/aromatic N) is 1. The molecule has 0 bridgehead atoms. The van der Waals surface area contributed by atoms with Crippen molar-refractivity contribution in [3.05, 3.63) is 15.6 Å². The van der Waals surface area contributed by atoms with Crippen LogP contribution in [-0.4, -0.2) is 4.37 Å². The minimum atomic E-state index is -0.409. The van der Waals surface area contributed by atoms with Crippen LogP contribution in [0.2, 0.25) is 0 Å². The van der Waals surface area contributed by atoms with Gasteiger partial charge in [-0.3, -0.25) is 0 Å². The molecule has 0 aliphatic carbocycles. The molecular weight excluding hydrogens is 174 g/mol. The predicted octanol–water partition coefficient (Wildman–Crippen LogP) is 1.49. The lowest BCUT2D eigenvalue weighted by molar-refractivity contribution is 0.511. The monoisotopic (exact) mass is 183 g/mol. The Kier molecular flexibility index (Phi) is 2.34. The van der Waals surface area contributed by atoms with E-state index in [2.05, 4.69) is 20.6 Å². The summed E-state index contributed by atoms with van der Waals surface area (Å²) in [6, 6.07) is 0. The molecule has 3 nitrogen and oxygen atoms in total. The molecule has 0 saturated heterocycles. The fraction of sp³-hybridized carbons (Fsp3) is 0.500. The van der Waals surface area contributed by atoms with Crippen LogP contribution >= 0.6 is 11.5 Å². The average molecular weight is 183 g/mol. The van der Waals surface area contributed by atoms with Gasteiger partial charge in [0.05, 0.1) is 11.5 Å². The smallest absolute Gasteiger partial charge is 0.386 e. The van der Waals surface area contributed by atoms with Crippen LogP contribution in [0.25, 0.3) is 0 Å². The van der Waals surface area contributed by atoms with E-state index in [9.17, 15) is 4.79 Å². The van der Waals surface area contributed by atoms with Crippen LogP contribution in [0.1, 0.15) is 26.7 Å². The summed E-state index contributed by atoms with van der Waals surface area (Å²) >= 11 is 0.780. The zero-order valence-corrected chi connectivity index (χ0v) is 7.99. The van der Waals surface area contributed by atoms with Crippen molar-refractivity contribution in [3.63, 3.8) is 0 Å². The summed E-state index contributed by atoms with van der Waals surface area (Å²) in [5.41, 5.74) is -0.0951. The van der Waals surface area contributed by atoms with E-state index in [0.717, 1.165) is 11.5 Å². The third-order valence-corrected chi connectivity index (χ3v) is 1.42. The molecule has 0 aromatic carbocycles. The molecule has 1 heterocycles. The quantitative estimate of drug-likeness (QED) is 0.572. The molecule has 0 aliphatic rings. The van der Waals surface area contributed by atoms with Crippen LogP contribution in [0.3, 0.4) is 0 Å². The van der Waals surface area contributed by atoms with Crippen molar-refractivity contribution in [3.8, 4) is 11.8 Å². The fourth-order valence-corrected chi connectivity index (χ4v) is 0.841. The number of hydrogen-bond acceptors (Lipinski definition) is 4. The molecule has 0 N–H and O–H groups in total. The molecule has 1 aromatic heterocycles. The van der Waals surface area contributed by atoms with Gasteiger partial charge in [-0.05, 0) is 26.7 Å². The maximum Gasteiger partial charge on any atom is 0.415 e. The lowest BCUT2D eigenvalue weighted by Crippen LogP contribution is -1.99. The molecule has 0 atom stereocenters. The van der Waals surface area contributed by atoms with Gasteiger partial charge in [0.1, 0.15) is 0 Å². The minimum absolute atomic E-state index is 0.0951. The van der Waals surface area contributed by atoms with Crippen molar-refractivity contribution in [2.45, 2.75) is 20.8 Å². The van der Waals surface area contributed by atoms with Gasteiger partial charge in [0.2, 0.25) is 0 Å². The zero-order valence-electron chi connectivity index (χ0n) is 7.17. The summed E-state index contributed by atoms with van der Waals surface area (Å²) in [6.45, 7) is 5.93. The highest BCUT2D eigenvalue weighted by molar-refractivity contribution is 7.02. The van der Waals surface area contributed by atoms with Crippen molar-refractivity contribution in [2.24, 2.45) is 5.41 Å². The van der Waals surface area contributed by atoms with Crippen molar-refractivity contribution in [1.82, 2.24) is 4.37 Å². The van der Waals surface area contributed by atoms with Crippen LogP contribution in [-0.2, 0) is 0 Å². The molecule has 4 heteroatoms. The van der Waals surface area contributed by atoms with Crippen LogP contribution in [0.5, 0.6) is 0 Å². The van der Waals surface area contributed by atoms with E-state index in [1.165, 1.54) is 0 Å². The first-order chi connectivity index (χ1) is 5.47. The molecule has 0 amide bonds. The van der Waals surface area contributed by atoms with E-state index in [1.54, 1.807) is 0 Å². The zero-order chi connectivity index (χ0) is 9.19. The molecule has 12 heavy (non-hydrogen) atoms. The SMILES string of the molecule is CC(C)(C)C#Cc1nsc(=O)o1. The molecule has 0 radical (unpaired) electrons. The van der Waals surface area contributed by atoms with Crippen molar-refractivity contribution in [2.75, 3.05) is 0 Å². The van der Waals surface area contributed by atoms with E-state index in [-0.39, 0.29) is 11.3 Å². The third kappa shape index (κ3) is 2.89. The Bertz CT molecular complexity index is 372. The van der Waals surface area contributed by atoms with Gasteiger partial charge < -0.3 is 4.42 Å². The molecule has 0 fully saturated rings.